The molecule has 0 fully saturated rings. The molecule has 0 aromatic heterocycles. The molecule has 184 valence electrons. The molecule has 0 radical (unpaired) electrons. The number of rotatable bonds is 11. The first kappa shape index (κ1) is 24.9. The van der Waals surface area contributed by atoms with Crippen molar-refractivity contribution in [2.45, 2.75) is 31.8 Å². The van der Waals surface area contributed by atoms with Gasteiger partial charge in [0.2, 0.25) is 0 Å². The van der Waals surface area contributed by atoms with Crippen molar-refractivity contribution in [2.24, 2.45) is 5.16 Å². The van der Waals surface area contributed by atoms with E-state index in [1.807, 2.05) is 35.2 Å². The van der Waals surface area contributed by atoms with Gasteiger partial charge in [-0.1, -0.05) is 53.7 Å². The van der Waals surface area contributed by atoms with Crippen LogP contribution in [0.1, 0.15) is 23.1 Å². The first-order chi connectivity index (χ1) is 17.0. The predicted molar refractivity (Wildman–Crippen MR) is 126 cm³/mol. The van der Waals surface area contributed by atoms with Gasteiger partial charge in [-0.25, -0.2) is 13.2 Å². The number of aliphatic hydroxyl groups is 1. The van der Waals surface area contributed by atoms with Crippen LogP contribution in [0.2, 0.25) is 0 Å². The van der Waals surface area contributed by atoms with E-state index in [9.17, 15) is 18.3 Å². The lowest BCUT2D eigenvalue weighted by atomic mass is 10.0. The zero-order valence-electron chi connectivity index (χ0n) is 19.1. The predicted octanol–water partition coefficient (Wildman–Crippen LogP) is 4.68. The van der Waals surface area contributed by atoms with Gasteiger partial charge in [0.1, 0.15) is 23.6 Å². The topological polar surface area (TPSA) is 54.3 Å². The van der Waals surface area contributed by atoms with E-state index in [2.05, 4.69) is 5.16 Å². The van der Waals surface area contributed by atoms with Crippen molar-refractivity contribution < 1.29 is 27.9 Å². The Morgan fingerprint density at radius 2 is 1.74 bits per heavy atom. The number of halogens is 3. The van der Waals surface area contributed by atoms with Crippen molar-refractivity contribution in [1.29, 1.82) is 0 Å². The second-order valence-corrected chi connectivity index (χ2v) is 8.56. The first-order valence-corrected chi connectivity index (χ1v) is 11.4. The molecule has 0 bridgehead atoms. The lowest BCUT2D eigenvalue weighted by Gasteiger charge is -2.27. The fourth-order valence-corrected chi connectivity index (χ4v) is 3.96. The highest BCUT2D eigenvalue weighted by Gasteiger charge is 2.26. The highest BCUT2D eigenvalue weighted by Crippen LogP contribution is 2.20. The third-order valence-corrected chi connectivity index (χ3v) is 5.67. The lowest BCUT2D eigenvalue weighted by molar-refractivity contribution is -0.00671. The maximum Gasteiger partial charge on any atom is 0.145 e. The van der Waals surface area contributed by atoms with E-state index in [0.717, 1.165) is 17.2 Å². The second-order valence-electron chi connectivity index (χ2n) is 8.56. The molecule has 1 N–H and O–H groups in total. The van der Waals surface area contributed by atoms with Crippen molar-refractivity contribution in [3.8, 4) is 0 Å². The van der Waals surface area contributed by atoms with Crippen LogP contribution in [0.4, 0.5) is 13.2 Å². The lowest BCUT2D eigenvalue weighted by Crippen LogP contribution is -2.39. The minimum absolute atomic E-state index is 0.0974. The summed E-state index contributed by atoms with van der Waals surface area (Å²) in [7, 11) is 0. The normalized spacial score (nSPS) is 16.3. The van der Waals surface area contributed by atoms with Gasteiger partial charge in [-0.05, 0) is 29.3 Å². The number of hydrogen-bond donors (Lipinski definition) is 1. The van der Waals surface area contributed by atoms with Crippen LogP contribution in [-0.2, 0) is 22.7 Å². The molecule has 8 heteroatoms. The van der Waals surface area contributed by atoms with E-state index in [1.165, 1.54) is 24.3 Å². The van der Waals surface area contributed by atoms with Crippen LogP contribution >= 0.6 is 0 Å². The fraction of sp³-hybridized carbons (Fsp3) is 0.296. The molecule has 3 aromatic rings. The second kappa shape index (κ2) is 12.0. The molecule has 1 heterocycles. The molecule has 0 saturated carbocycles. The fourth-order valence-electron chi connectivity index (χ4n) is 3.96. The Bertz CT molecular complexity index is 1130. The molecule has 1 aliphatic heterocycles. The summed E-state index contributed by atoms with van der Waals surface area (Å²) in [5.41, 5.74) is 2.75. The Morgan fingerprint density at radius 1 is 1.00 bits per heavy atom. The van der Waals surface area contributed by atoms with Gasteiger partial charge in [-0.2, -0.15) is 0 Å². The maximum atomic E-state index is 14.3. The highest BCUT2D eigenvalue weighted by molar-refractivity contribution is 6.01. The Labute approximate surface area is 202 Å². The number of hydrogen-bond acceptors (Lipinski definition) is 5. The van der Waals surface area contributed by atoms with E-state index < -0.39 is 17.7 Å². The Kier molecular flexibility index (Phi) is 8.52. The van der Waals surface area contributed by atoms with E-state index in [-0.39, 0.29) is 31.6 Å². The molecule has 35 heavy (non-hydrogen) atoms. The van der Waals surface area contributed by atoms with Crippen molar-refractivity contribution in [3.63, 3.8) is 0 Å². The van der Waals surface area contributed by atoms with Crippen LogP contribution in [0.25, 0.3) is 0 Å². The van der Waals surface area contributed by atoms with Gasteiger partial charge in [-0.15, -0.1) is 0 Å². The molecule has 0 unspecified atom stereocenters. The number of oxime groups is 1. The summed E-state index contributed by atoms with van der Waals surface area (Å²) >= 11 is 0. The van der Waals surface area contributed by atoms with Gasteiger partial charge in [0.05, 0.1) is 25.0 Å². The molecular formula is C27H27F3N2O3. The molecular weight excluding hydrogens is 457 g/mol. The van der Waals surface area contributed by atoms with Crippen LogP contribution in [0.15, 0.2) is 78.0 Å². The molecule has 3 aromatic carbocycles. The van der Waals surface area contributed by atoms with Gasteiger partial charge in [0.15, 0.2) is 0 Å². The van der Waals surface area contributed by atoms with E-state index >= 15 is 0 Å². The van der Waals surface area contributed by atoms with Crippen molar-refractivity contribution in [2.75, 3.05) is 19.7 Å². The highest BCUT2D eigenvalue weighted by atomic mass is 19.1. The van der Waals surface area contributed by atoms with Crippen LogP contribution in [-0.4, -0.2) is 47.6 Å². The maximum absolute atomic E-state index is 14.3. The van der Waals surface area contributed by atoms with Crippen LogP contribution in [0, 0.1) is 17.5 Å². The number of ether oxygens (including phenoxy) is 1. The summed E-state index contributed by atoms with van der Waals surface area (Å²) in [6, 6.07) is 19.1. The zero-order valence-corrected chi connectivity index (χ0v) is 19.1. The zero-order chi connectivity index (χ0) is 24.6. The number of benzene rings is 3. The van der Waals surface area contributed by atoms with Crippen molar-refractivity contribution >= 4 is 5.71 Å². The minimum Gasteiger partial charge on any atom is -0.390 e. The Balaban J connectivity index is 1.36. The summed E-state index contributed by atoms with van der Waals surface area (Å²) < 4.78 is 46.6. The van der Waals surface area contributed by atoms with Gasteiger partial charge in [-0.3, -0.25) is 4.90 Å². The summed E-state index contributed by atoms with van der Waals surface area (Å²) in [6.45, 7) is 1.15. The SMILES string of the molecule is O[C@@H](COCc1ccccc1)CN(Cc1ccc(F)cc1F)C[C@H]1CC(c2ccc(F)cc2)=NO1. The summed E-state index contributed by atoms with van der Waals surface area (Å²) in [4.78, 5) is 7.41. The Hall–Kier alpha value is -3.20. The van der Waals surface area contributed by atoms with E-state index in [4.69, 9.17) is 9.57 Å². The third kappa shape index (κ3) is 7.39. The minimum atomic E-state index is -0.832. The molecule has 0 amide bonds. The first-order valence-electron chi connectivity index (χ1n) is 11.4. The van der Waals surface area contributed by atoms with Crippen LogP contribution < -0.4 is 0 Å². The molecule has 0 aliphatic carbocycles. The molecule has 0 spiro atoms. The van der Waals surface area contributed by atoms with E-state index in [1.54, 1.807) is 12.1 Å². The average molecular weight is 485 g/mol. The molecule has 5 nitrogen and oxygen atoms in total. The molecule has 4 rings (SSSR count). The quantitative estimate of drug-likeness (QED) is 0.430. The summed E-state index contributed by atoms with van der Waals surface area (Å²) in [6.07, 6.45) is -0.689. The smallest absolute Gasteiger partial charge is 0.145 e. The monoisotopic (exact) mass is 484 g/mol. The number of nitrogens with zero attached hydrogens (tertiary/aromatic N) is 2. The van der Waals surface area contributed by atoms with Gasteiger partial charge >= 0.3 is 0 Å². The molecule has 2 atom stereocenters. The van der Waals surface area contributed by atoms with Crippen LogP contribution in [0.5, 0.6) is 0 Å². The van der Waals surface area contributed by atoms with Crippen LogP contribution in [0.3, 0.4) is 0 Å². The van der Waals surface area contributed by atoms with Gasteiger partial charge < -0.3 is 14.7 Å². The Morgan fingerprint density at radius 3 is 2.49 bits per heavy atom. The third-order valence-electron chi connectivity index (χ3n) is 5.67. The average Bonchev–Trinajstić information content (AvgIpc) is 3.30. The van der Waals surface area contributed by atoms with Gasteiger partial charge in [0.25, 0.3) is 0 Å². The van der Waals surface area contributed by atoms with E-state index in [0.29, 0.717) is 30.8 Å². The number of aliphatic hydroxyl groups excluding tert-OH is 1. The summed E-state index contributed by atoms with van der Waals surface area (Å²) in [5, 5.41) is 14.7. The summed E-state index contributed by atoms with van der Waals surface area (Å²) in [5.74, 6) is -1.63. The largest absolute Gasteiger partial charge is 0.390 e. The van der Waals surface area contributed by atoms with Gasteiger partial charge in [0, 0.05) is 37.7 Å². The van der Waals surface area contributed by atoms with Crippen molar-refractivity contribution in [1.82, 2.24) is 4.90 Å². The van der Waals surface area contributed by atoms with Crippen molar-refractivity contribution in [3.05, 3.63) is 107 Å². The molecule has 1 aliphatic rings. The standard InChI is InChI=1S/C27H27F3N2O3/c28-22-9-6-20(7-10-22)27-13-25(35-31-27)16-32(14-21-8-11-23(29)12-26(21)30)15-24(33)18-34-17-19-4-2-1-3-5-19/h1-12,24-25,33H,13-18H2/t24-,25-/m1/s1. The molecule has 0 saturated heterocycles.